The van der Waals surface area contributed by atoms with E-state index in [9.17, 15) is 0 Å². The van der Waals surface area contributed by atoms with Crippen LogP contribution in [0.25, 0.3) is 0 Å². The van der Waals surface area contributed by atoms with Crippen LogP contribution in [0, 0.1) is 0 Å². The molecule has 3 nitrogen and oxygen atoms in total. The zero-order valence-corrected chi connectivity index (χ0v) is 6.45. The molecule has 0 radical (unpaired) electrons. The maximum Gasteiger partial charge on any atom is 0.154 e. The summed E-state index contributed by atoms with van der Waals surface area (Å²) in [5.74, 6) is 0. The zero-order valence-electron chi connectivity index (χ0n) is 4.94. The molecule has 5 heteroatoms. The third-order valence-electron chi connectivity index (χ3n) is 1.06. The molecular formula is C5H5Cl2N3. The molecule has 0 bridgehead atoms. The normalized spacial score (nSPS) is 9.80. The smallest absolute Gasteiger partial charge is 0.154 e. The summed E-state index contributed by atoms with van der Waals surface area (Å²) in [4.78, 5) is 3.67. The number of nitrogen functional groups attached to an aromatic ring is 2. The molecular weight excluding hydrogens is 173 g/mol. The molecule has 0 unspecified atom stereocenters. The molecule has 0 amide bonds. The Balaban J connectivity index is 3.34. The standard InChI is InChI=1S/C5H5Cl2N3/c6-2-1-10-5(7)4(9)3(2)8/h1H,9H2,(H2,8,10). The minimum absolute atomic E-state index is 0.182. The van der Waals surface area contributed by atoms with Crippen LogP contribution >= 0.6 is 23.2 Å². The molecule has 10 heavy (non-hydrogen) atoms. The summed E-state index contributed by atoms with van der Waals surface area (Å²) in [5.41, 5.74) is 11.3. The van der Waals surface area contributed by atoms with Crippen LogP contribution in [0.3, 0.4) is 0 Å². The van der Waals surface area contributed by atoms with Gasteiger partial charge < -0.3 is 11.5 Å². The summed E-state index contributed by atoms with van der Waals surface area (Å²) in [6.07, 6.45) is 1.36. The van der Waals surface area contributed by atoms with Crippen molar-refractivity contribution in [3.8, 4) is 0 Å². The van der Waals surface area contributed by atoms with Gasteiger partial charge in [0.1, 0.15) is 0 Å². The summed E-state index contributed by atoms with van der Waals surface area (Å²) < 4.78 is 0. The van der Waals surface area contributed by atoms with Crippen LogP contribution in [0.15, 0.2) is 6.20 Å². The van der Waals surface area contributed by atoms with Crippen molar-refractivity contribution >= 4 is 34.6 Å². The number of pyridine rings is 1. The van der Waals surface area contributed by atoms with Gasteiger partial charge >= 0.3 is 0 Å². The lowest BCUT2D eigenvalue weighted by Crippen LogP contribution is -1.97. The first-order valence-corrected chi connectivity index (χ1v) is 3.23. The van der Waals surface area contributed by atoms with Gasteiger partial charge in [0.15, 0.2) is 5.15 Å². The molecule has 1 heterocycles. The number of aromatic nitrogens is 1. The largest absolute Gasteiger partial charge is 0.396 e. The highest BCUT2D eigenvalue weighted by molar-refractivity contribution is 6.36. The second kappa shape index (κ2) is 2.52. The molecule has 0 spiro atoms. The maximum absolute atomic E-state index is 5.56. The Labute approximate surface area is 67.9 Å². The summed E-state index contributed by atoms with van der Waals surface area (Å²) in [6, 6.07) is 0. The fourth-order valence-electron chi connectivity index (χ4n) is 0.492. The van der Waals surface area contributed by atoms with Gasteiger partial charge in [-0.15, -0.1) is 0 Å². The van der Waals surface area contributed by atoms with Crippen LogP contribution in [0.1, 0.15) is 0 Å². The number of nitrogens with zero attached hydrogens (tertiary/aromatic N) is 1. The van der Waals surface area contributed by atoms with E-state index < -0.39 is 0 Å². The second-order valence-electron chi connectivity index (χ2n) is 1.72. The van der Waals surface area contributed by atoms with Crippen molar-refractivity contribution in [2.45, 2.75) is 0 Å². The van der Waals surface area contributed by atoms with Crippen LogP contribution < -0.4 is 11.5 Å². The Morgan fingerprint density at radius 1 is 1.20 bits per heavy atom. The Bertz CT molecular complexity index is 234. The van der Waals surface area contributed by atoms with Crippen molar-refractivity contribution in [2.75, 3.05) is 11.5 Å². The van der Waals surface area contributed by atoms with E-state index in [-0.39, 0.29) is 16.5 Å². The van der Waals surface area contributed by atoms with E-state index in [1.165, 1.54) is 6.20 Å². The average Bonchev–Trinajstić information content (AvgIpc) is 1.93. The van der Waals surface area contributed by atoms with E-state index in [1.54, 1.807) is 0 Å². The van der Waals surface area contributed by atoms with Crippen molar-refractivity contribution in [3.05, 3.63) is 16.4 Å². The number of rotatable bonds is 0. The molecule has 0 saturated carbocycles. The van der Waals surface area contributed by atoms with Crippen molar-refractivity contribution in [3.63, 3.8) is 0 Å². The fraction of sp³-hybridized carbons (Fsp3) is 0. The molecule has 0 aliphatic heterocycles. The molecule has 1 aromatic rings. The van der Waals surface area contributed by atoms with E-state index >= 15 is 0 Å². The lowest BCUT2D eigenvalue weighted by Gasteiger charge is -2.01. The monoisotopic (exact) mass is 177 g/mol. The van der Waals surface area contributed by atoms with Gasteiger partial charge in [-0.1, -0.05) is 23.2 Å². The molecule has 0 aliphatic carbocycles. The highest BCUT2D eigenvalue weighted by Gasteiger charge is 2.04. The van der Waals surface area contributed by atoms with Crippen LogP contribution in [0.2, 0.25) is 10.2 Å². The molecule has 0 aliphatic rings. The van der Waals surface area contributed by atoms with Gasteiger partial charge in [-0.2, -0.15) is 0 Å². The number of nitrogens with two attached hydrogens (primary N) is 2. The van der Waals surface area contributed by atoms with Gasteiger partial charge in [0.05, 0.1) is 16.4 Å². The van der Waals surface area contributed by atoms with Crippen molar-refractivity contribution in [2.24, 2.45) is 0 Å². The first kappa shape index (κ1) is 7.44. The lowest BCUT2D eigenvalue weighted by molar-refractivity contribution is 1.33. The Morgan fingerprint density at radius 2 is 1.80 bits per heavy atom. The molecule has 1 aromatic heterocycles. The topological polar surface area (TPSA) is 64.9 Å². The molecule has 0 aromatic carbocycles. The number of hydrogen-bond acceptors (Lipinski definition) is 3. The van der Waals surface area contributed by atoms with Crippen LogP contribution in [-0.2, 0) is 0 Å². The SMILES string of the molecule is Nc1c(Cl)cnc(Cl)c1N. The Kier molecular flexibility index (Phi) is 1.87. The quantitative estimate of drug-likeness (QED) is 0.592. The molecule has 0 saturated heterocycles. The van der Waals surface area contributed by atoms with Crippen molar-refractivity contribution in [1.29, 1.82) is 0 Å². The van der Waals surface area contributed by atoms with Crippen LogP contribution in [0.4, 0.5) is 11.4 Å². The third kappa shape index (κ3) is 1.10. The van der Waals surface area contributed by atoms with E-state index in [1.807, 2.05) is 0 Å². The molecule has 0 fully saturated rings. The predicted octanol–water partition coefficient (Wildman–Crippen LogP) is 1.55. The van der Waals surface area contributed by atoms with Crippen LogP contribution in [0.5, 0.6) is 0 Å². The highest BCUT2D eigenvalue weighted by Crippen LogP contribution is 2.28. The van der Waals surface area contributed by atoms with Gasteiger partial charge in [-0.05, 0) is 0 Å². The summed E-state index contributed by atoms with van der Waals surface area (Å²) in [7, 11) is 0. The Morgan fingerprint density at radius 3 is 2.30 bits per heavy atom. The average molecular weight is 178 g/mol. The lowest BCUT2D eigenvalue weighted by atomic mass is 10.4. The van der Waals surface area contributed by atoms with Gasteiger partial charge in [0, 0.05) is 6.20 Å². The van der Waals surface area contributed by atoms with E-state index in [0.717, 1.165) is 0 Å². The van der Waals surface area contributed by atoms with Gasteiger partial charge in [0.2, 0.25) is 0 Å². The minimum atomic E-state index is 0.182. The van der Waals surface area contributed by atoms with E-state index in [2.05, 4.69) is 4.98 Å². The fourth-order valence-corrected chi connectivity index (χ4v) is 0.793. The van der Waals surface area contributed by atoms with Gasteiger partial charge in [0.25, 0.3) is 0 Å². The zero-order chi connectivity index (χ0) is 7.72. The Hall–Kier alpha value is -0.670. The first-order valence-electron chi connectivity index (χ1n) is 2.48. The van der Waals surface area contributed by atoms with Crippen molar-refractivity contribution < 1.29 is 0 Å². The van der Waals surface area contributed by atoms with Crippen molar-refractivity contribution in [1.82, 2.24) is 4.98 Å². The first-order chi connectivity index (χ1) is 4.63. The second-order valence-corrected chi connectivity index (χ2v) is 2.49. The van der Waals surface area contributed by atoms with Gasteiger partial charge in [-0.3, -0.25) is 0 Å². The summed E-state index contributed by atoms with van der Waals surface area (Å²) >= 11 is 11.1. The van der Waals surface area contributed by atoms with E-state index in [4.69, 9.17) is 34.7 Å². The predicted molar refractivity (Wildman–Crippen MR) is 43.1 cm³/mol. The highest BCUT2D eigenvalue weighted by atomic mass is 35.5. The van der Waals surface area contributed by atoms with E-state index in [0.29, 0.717) is 5.02 Å². The summed E-state index contributed by atoms with van der Waals surface area (Å²) in [5, 5.41) is 0.504. The number of halogens is 2. The molecule has 4 N–H and O–H groups in total. The summed E-state index contributed by atoms with van der Waals surface area (Å²) in [6.45, 7) is 0. The van der Waals surface area contributed by atoms with Gasteiger partial charge in [-0.25, -0.2) is 4.98 Å². The molecule has 54 valence electrons. The molecule has 0 atom stereocenters. The maximum atomic E-state index is 5.56. The minimum Gasteiger partial charge on any atom is -0.396 e. The number of hydrogen-bond donors (Lipinski definition) is 2. The number of anilines is 2. The van der Waals surface area contributed by atoms with Crippen LogP contribution in [-0.4, -0.2) is 4.98 Å². The third-order valence-corrected chi connectivity index (χ3v) is 1.66. The molecule has 1 rings (SSSR count).